The number of nitrogens with zero attached hydrogens (tertiary/aromatic N) is 3. The first kappa shape index (κ1) is 18.4. The van der Waals surface area contributed by atoms with Crippen molar-refractivity contribution >= 4 is 22.8 Å². The fourth-order valence-electron chi connectivity index (χ4n) is 4.00. The molecule has 1 aliphatic heterocycles. The van der Waals surface area contributed by atoms with E-state index in [2.05, 4.69) is 15.0 Å². The number of halogens is 1. The van der Waals surface area contributed by atoms with Gasteiger partial charge in [-0.15, -0.1) is 0 Å². The number of benzene rings is 1. The van der Waals surface area contributed by atoms with Gasteiger partial charge in [-0.05, 0) is 43.5 Å². The topological polar surface area (TPSA) is 102 Å². The van der Waals surface area contributed by atoms with Gasteiger partial charge in [-0.3, -0.25) is 4.79 Å². The Bertz CT molecular complexity index is 1040. The highest BCUT2D eigenvalue weighted by molar-refractivity contribution is 5.87. The molecule has 4 rings (SSSR count). The number of hydrogen-bond donors (Lipinski definition) is 3. The third-order valence-electron chi connectivity index (χ3n) is 5.42. The Morgan fingerprint density at radius 1 is 1.39 bits per heavy atom. The van der Waals surface area contributed by atoms with Gasteiger partial charge in [0.15, 0.2) is 5.82 Å². The van der Waals surface area contributed by atoms with E-state index in [-0.39, 0.29) is 19.4 Å². The van der Waals surface area contributed by atoms with Crippen molar-refractivity contribution < 1.29 is 19.4 Å². The van der Waals surface area contributed by atoms with Crippen LogP contribution in [0.25, 0.3) is 11.0 Å². The van der Waals surface area contributed by atoms with Gasteiger partial charge in [0.05, 0.1) is 11.6 Å². The third kappa shape index (κ3) is 3.09. The van der Waals surface area contributed by atoms with E-state index in [1.165, 1.54) is 12.1 Å². The summed E-state index contributed by atoms with van der Waals surface area (Å²) >= 11 is 0. The Balaban J connectivity index is 1.74. The maximum Gasteiger partial charge on any atom is 0.314 e. The molecule has 0 saturated carbocycles. The number of aryl methyl sites for hydroxylation is 1. The van der Waals surface area contributed by atoms with Crippen molar-refractivity contribution in [3.05, 3.63) is 53.7 Å². The van der Waals surface area contributed by atoms with E-state index in [1.54, 1.807) is 25.3 Å². The number of aliphatic carboxylic acids is 1. The van der Waals surface area contributed by atoms with E-state index in [0.29, 0.717) is 23.8 Å². The number of carboxylic acid groups (broad SMARTS) is 1. The number of rotatable bonds is 4. The summed E-state index contributed by atoms with van der Waals surface area (Å²) in [5, 5.41) is 20.7. The molecule has 28 heavy (non-hydrogen) atoms. The van der Waals surface area contributed by atoms with Crippen LogP contribution in [0.2, 0.25) is 0 Å². The molecule has 0 spiro atoms. The molecular formula is C20H21FN4O3. The molecule has 0 bridgehead atoms. The zero-order chi connectivity index (χ0) is 19.9. The van der Waals surface area contributed by atoms with Crippen LogP contribution in [0.1, 0.15) is 17.8 Å². The van der Waals surface area contributed by atoms with E-state index < -0.39 is 23.3 Å². The van der Waals surface area contributed by atoms with Gasteiger partial charge in [0.2, 0.25) is 0 Å². The minimum atomic E-state index is -1.47. The number of hydrogen-bond acceptors (Lipinski definition) is 5. The summed E-state index contributed by atoms with van der Waals surface area (Å²) in [6.45, 7) is 2.31. The average molecular weight is 384 g/mol. The highest BCUT2D eigenvalue weighted by atomic mass is 19.1. The highest BCUT2D eigenvalue weighted by Gasteiger charge is 2.49. The van der Waals surface area contributed by atoms with Crippen LogP contribution in [0.4, 0.5) is 10.2 Å². The molecule has 0 aliphatic carbocycles. The maximum atomic E-state index is 13.6. The summed E-state index contributed by atoms with van der Waals surface area (Å²) in [4.78, 5) is 26.2. The van der Waals surface area contributed by atoms with Gasteiger partial charge in [0, 0.05) is 19.3 Å². The lowest BCUT2D eigenvalue weighted by Gasteiger charge is -2.44. The Hall–Kier alpha value is -3.00. The quantitative estimate of drug-likeness (QED) is 0.638. The molecule has 0 radical (unpaired) electrons. The van der Waals surface area contributed by atoms with Crippen LogP contribution in [0.15, 0.2) is 36.5 Å². The van der Waals surface area contributed by atoms with Gasteiger partial charge in [-0.2, -0.15) is 0 Å². The first-order chi connectivity index (χ1) is 13.4. The second-order valence-electron chi connectivity index (χ2n) is 7.33. The lowest BCUT2D eigenvalue weighted by atomic mass is 9.73. The number of anilines is 1. The predicted octanol–water partition coefficient (Wildman–Crippen LogP) is 2.29. The van der Waals surface area contributed by atoms with Gasteiger partial charge in [-0.25, -0.2) is 14.4 Å². The molecule has 1 saturated heterocycles. The smallest absolute Gasteiger partial charge is 0.314 e. The number of carbonyl (C=O) groups is 1. The van der Waals surface area contributed by atoms with E-state index in [0.717, 1.165) is 11.0 Å². The summed E-state index contributed by atoms with van der Waals surface area (Å²) < 4.78 is 13.6. The zero-order valence-corrected chi connectivity index (χ0v) is 15.4. The number of aromatic nitrogens is 3. The van der Waals surface area contributed by atoms with Crippen molar-refractivity contribution in [2.24, 2.45) is 5.41 Å². The van der Waals surface area contributed by atoms with Crippen LogP contribution >= 0.6 is 0 Å². The van der Waals surface area contributed by atoms with Crippen molar-refractivity contribution in [3.63, 3.8) is 0 Å². The molecule has 1 aromatic carbocycles. The monoisotopic (exact) mass is 384 g/mol. The SMILES string of the molecule is Cc1nc(N2CC[C@H](O)[C@](Cc3cccc(F)c3)(C(=O)O)C2)c2[nH]ccc2n1. The van der Waals surface area contributed by atoms with E-state index in [1.807, 2.05) is 11.0 Å². The predicted molar refractivity (Wildman–Crippen MR) is 102 cm³/mol. The first-order valence-corrected chi connectivity index (χ1v) is 9.12. The number of fused-ring (bicyclic) bond motifs is 1. The van der Waals surface area contributed by atoms with Gasteiger partial charge in [-0.1, -0.05) is 12.1 Å². The Morgan fingerprint density at radius 3 is 2.96 bits per heavy atom. The molecule has 0 amide bonds. The van der Waals surface area contributed by atoms with Crippen molar-refractivity contribution in [2.45, 2.75) is 25.9 Å². The van der Waals surface area contributed by atoms with Crippen molar-refractivity contribution in [2.75, 3.05) is 18.0 Å². The summed E-state index contributed by atoms with van der Waals surface area (Å²) in [6, 6.07) is 7.69. The first-order valence-electron chi connectivity index (χ1n) is 9.12. The van der Waals surface area contributed by atoms with E-state index in [4.69, 9.17) is 0 Å². The molecule has 146 valence electrons. The molecule has 3 heterocycles. The van der Waals surface area contributed by atoms with Gasteiger partial charge < -0.3 is 20.1 Å². The van der Waals surface area contributed by atoms with Crippen LogP contribution < -0.4 is 4.90 Å². The molecule has 2 aromatic heterocycles. The molecule has 8 heteroatoms. The largest absolute Gasteiger partial charge is 0.481 e. The van der Waals surface area contributed by atoms with Crippen LogP contribution in [0, 0.1) is 18.2 Å². The van der Waals surface area contributed by atoms with Crippen LogP contribution in [0.3, 0.4) is 0 Å². The average Bonchev–Trinajstić information content (AvgIpc) is 3.11. The molecule has 1 fully saturated rings. The number of aliphatic hydroxyl groups excluding tert-OH is 1. The van der Waals surface area contributed by atoms with Gasteiger partial charge in [0.1, 0.15) is 22.6 Å². The number of nitrogens with one attached hydrogen (secondary N) is 1. The number of carboxylic acids is 1. The molecule has 1 aliphatic rings. The molecular weight excluding hydrogens is 363 g/mol. The standard InChI is InChI=1S/C20H21FN4O3/c1-12-23-15-5-7-22-17(15)18(24-12)25-8-6-16(26)20(11-25,19(27)28)10-13-3-2-4-14(21)9-13/h2-5,7,9,16,22,26H,6,8,10-11H2,1H3,(H,27,28)/t16-,20+/m0/s1. The Morgan fingerprint density at radius 2 is 2.21 bits per heavy atom. The number of piperidine rings is 1. The van der Waals surface area contributed by atoms with Crippen LogP contribution in [-0.4, -0.2) is 50.3 Å². The second-order valence-corrected chi connectivity index (χ2v) is 7.33. The van der Waals surface area contributed by atoms with E-state index >= 15 is 0 Å². The second kappa shape index (κ2) is 6.87. The fourth-order valence-corrected chi connectivity index (χ4v) is 4.00. The third-order valence-corrected chi connectivity index (χ3v) is 5.42. The highest BCUT2D eigenvalue weighted by Crippen LogP contribution is 2.37. The number of aromatic amines is 1. The number of aliphatic hydroxyl groups is 1. The van der Waals surface area contributed by atoms with Crippen molar-refractivity contribution in [3.8, 4) is 0 Å². The number of H-pyrrole nitrogens is 1. The Labute approximate surface area is 160 Å². The summed E-state index contributed by atoms with van der Waals surface area (Å²) in [5.74, 6) is -0.342. The minimum Gasteiger partial charge on any atom is -0.481 e. The normalized spacial score (nSPS) is 22.5. The fraction of sp³-hybridized carbons (Fsp3) is 0.350. The lowest BCUT2D eigenvalue weighted by Crippen LogP contribution is -2.57. The molecule has 0 unspecified atom stereocenters. The lowest BCUT2D eigenvalue weighted by molar-refractivity contribution is -0.157. The molecule has 2 atom stereocenters. The van der Waals surface area contributed by atoms with Gasteiger partial charge >= 0.3 is 5.97 Å². The molecule has 3 N–H and O–H groups in total. The van der Waals surface area contributed by atoms with Crippen molar-refractivity contribution in [1.29, 1.82) is 0 Å². The Kier molecular flexibility index (Phi) is 4.50. The summed E-state index contributed by atoms with van der Waals surface area (Å²) in [6.07, 6.45) is 1.01. The molecule has 3 aromatic rings. The van der Waals surface area contributed by atoms with Crippen LogP contribution in [-0.2, 0) is 11.2 Å². The van der Waals surface area contributed by atoms with E-state index in [9.17, 15) is 19.4 Å². The zero-order valence-electron chi connectivity index (χ0n) is 15.4. The summed E-state index contributed by atoms with van der Waals surface area (Å²) in [7, 11) is 0. The van der Waals surface area contributed by atoms with Crippen LogP contribution in [0.5, 0.6) is 0 Å². The van der Waals surface area contributed by atoms with Gasteiger partial charge in [0.25, 0.3) is 0 Å². The minimum absolute atomic E-state index is 0.0235. The molecule has 7 nitrogen and oxygen atoms in total. The maximum absolute atomic E-state index is 13.6. The van der Waals surface area contributed by atoms with Crippen molar-refractivity contribution in [1.82, 2.24) is 15.0 Å². The summed E-state index contributed by atoms with van der Waals surface area (Å²) in [5.41, 5.74) is 0.544.